The van der Waals surface area contributed by atoms with E-state index < -0.39 is 0 Å². The monoisotopic (exact) mass is 255 g/mol. The minimum absolute atomic E-state index is 0.0501. The topological polar surface area (TPSA) is 54.9 Å². The second kappa shape index (κ2) is 3.65. The van der Waals surface area contributed by atoms with Gasteiger partial charge in [-0.2, -0.15) is 0 Å². The van der Waals surface area contributed by atoms with Crippen molar-refractivity contribution in [1.82, 2.24) is 9.97 Å². The lowest BCUT2D eigenvalue weighted by Gasteiger charge is -2.01. The van der Waals surface area contributed by atoms with Crippen LogP contribution >= 0.6 is 15.9 Å². The number of carbonyl (C=O) groups is 1. The van der Waals surface area contributed by atoms with Gasteiger partial charge in [-0.25, -0.2) is 9.97 Å². The Kier molecular flexibility index (Phi) is 2.50. The zero-order chi connectivity index (χ0) is 10.1. The van der Waals surface area contributed by atoms with Crippen LogP contribution in [0.25, 0.3) is 0 Å². The lowest BCUT2D eigenvalue weighted by molar-refractivity contribution is -0.117. The quantitative estimate of drug-likeness (QED) is 0.878. The van der Waals surface area contributed by atoms with Crippen molar-refractivity contribution < 1.29 is 4.79 Å². The van der Waals surface area contributed by atoms with E-state index in [1.807, 2.05) is 0 Å². The maximum Gasteiger partial charge on any atom is 0.228 e. The fraction of sp³-hybridized carbons (Fsp3) is 0.444. The molecule has 4 nitrogen and oxygen atoms in total. The summed E-state index contributed by atoms with van der Waals surface area (Å²) in [5.74, 6) is 1.24. The summed E-state index contributed by atoms with van der Waals surface area (Å²) in [5.41, 5.74) is 0. The molecule has 1 heterocycles. The first-order valence-corrected chi connectivity index (χ1v) is 5.24. The summed E-state index contributed by atoms with van der Waals surface area (Å²) in [6, 6.07) is 0. The number of halogens is 1. The van der Waals surface area contributed by atoms with Crippen LogP contribution in [0.2, 0.25) is 0 Å². The molecule has 1 saturated carbocycles. The molecule has 2 atom stereocenters. The minimum Gasteiger partial charge on any atom is -0.309 e. The van der Waals surface area contributed by atoms with Crippen molar-refractivity contribution >= 4 is 27.7 Å². The van der Waals surface area contributed by atoms with Gasteiger partial charge in [0.15, 0.2) is 5.82 Å². The molecule has 0 bridgehead atoms. The summed E-state index contributed by atoms with van der Waals surface area (Å²) in [5, 5.41) is 2.73. The summed E-state index contributed by atoms with van der Waals surface area (Å²) < 4.78 is 0.662. The number of anilines is 1. The van der Waals surface area contributed by atoms with Crippen LogP contribution < -0.4 is 5.32 Å². The fourth-order valence-electron chi connectivity index (χ4n) is 1.28. The van der Waals surface area contributed by atoms with Gasteiger partial charge in [0.05, 0.1) is 12.4 Å². The molecule has 1 aromatic heterocycles. The zero-order valence-electron chi connectivity index (χ0n) is 7.70. The summed E-state index contributed by atoms with van der Waals surface area (Å²) in [6.07, 6.45) is 4.08. The van der Waals surface area contributed by atoms with E-state index in [-0.39, 0.29) is 11.8 Å². The van der Waals surface area contributed by atoms with Crippen molar-refractivity contribution in [3.63, 3.8) is 0 Å². The Morgan fingerprint density at radius 1 is 1.57 bits per heavy atom. The van der Waals surface area contributed by atoms with Gasteiger partial charge in [0.1, 0.15) is 4.60 Å². The second-order valence-electron chi connectivity index (χ2n) is 3.53. The van der Waals surface area contributed by atoms with E-state index in [1.165, 1.54) is 6.20 Å². The maximum absolute atomic E-state index is 11.5. The highest BCUT2D eigenvalue weighted by Gasteiger charge is 2.39. The third-order valence-corrected chi connectivity index (χ3v) is 2.73. The summed E-state index contributed by atoms with van der Waals surface area (Å²) >= 11 is 3.18. The van der Waals surface area contributed by atoms with Crippen molar-refractivity contribution in [1.29, 1.82) is 0 Å². The molecule has 1 fully saturated rings. The largest absolute Gasteiger partial charge is 0.309 e. The first-order chi connectivity index (χ1) is 6.66. The highest BCUT2D eigenvalue weighted by Crippen LogP contribution is 2.38. The van der Waals surface area contributed by atoms with E-state index in [1.54, 1.807) is 6.20 Å². The number of rotatable bonds is 2. The number of hydrogen-bond acceptors (Lipinski definition) is 3. The van der Waals surface area contributed by atoms with Gasteiger partial charge in [0.25, 0.3) is 0 Å². The summed E-state index contributed by atoms with van der Waals surface area (Å²) in [4.78, 5) is 19.5. The van der Waals surface area contributed by atoms with Gasteiger partial charge < -0.3 is 5.32 Å². The molecule has 5 heteroatoms. The maximum atomic E-state index is 11.5. The van der Waals surface area contributed by atoms with E-state index in [0.29, 0.717) is 16.3 Å². The van der Waals surface area contributed by atoms with E-state index in [9.17, 15) is 4.79 Å². The predicted octanol–water partition coefficient (Wildman–Crippen LogP) is 1.83. The number of hydrogen-bond donors (Lipinski definition) is 1. The normalized spacial score (nSPS) is 24.4. The SMILES string of the molecule is C[C@H]1C[C@@H]1C(=O)Nc1cnc(Br)cn1. The number of amides is 1. The number of nitrogens with zero attached hydrogens (tertiary/aromatic N) is 2. The molecule has 1 amide bonds. The molecule has 0 saturated heterocycles. The van der Waals surface area contributed by atoms with Crippen LogP contribution in [-0.4, -0.2) is 15.9 Å². The Morgan fingerprint density at radius 2 is 2.29 bits per heavy atom. The van der Waals surface area contributed by atoms with Gasteiger partial charge in [0.2, 0.25) is 5.91 Å². The molecule has 1 aliphatic rings. The van der Waals surface area contributed by atoms with Gasteiger partial charge in [-0.1, -0.05) is 6.92 Å². The third-order valence-electron chi connectivity index (χ3n) is 2.32. The van der Waals surface area contributed by atoms with Gasteiger partial charge in [-0.05, 0) is 28.3 Å². The standard InChI is InChI=1S/C9H10BrN3O/c1-5-2-6(5)9(14)13-8-4-11-7(10)3-12-8/h3-6H,2H2,1H3,(H,12,13,14)/t5-,6-/m0/s1. The molecule has 1 N–H and O–H groups in total. The highest BCUT2D eigenvalue weighted by atomic mass is 79.9. The van der Waals surface area contributed by atoms with Crippen LogP contribution in [0.15, 0.2) is 17.0 Å². The Balaban J connectivity index is 1.97. The number of carbonyl (C=O) groups excluding carboxylic acids is 1. The molecule has 14 heavy (non-hydrogen) atoms. The van der Waals surface area contributed by atoms with E-state index in [2.05, 4.69) is 38.1 Å². The zero-order valence-corrected chi connectivity index (χ0v) is 9.28. The lowest BCUT2D eigenvalue weighted by atomic mass is 10.3. The van der Waals surface area contributed by atoms with Crippen LogP contribution in [0.3, 0.4) is 0 Å². The molecule has 0 aliphatic heterocycles. The van der Waals surface area contributed by atoms with E-state index >= 15 is 0 Å². The third kappa shape index (κ3) is 2.09. The Morgan fingerprint density at radius 3 is 2.79 bits per heavy atom. The highest BCUT2D eigenvalue weighted by molar-refractivity contribution is 9.10. The average molecular weight is 256 g/mol. The first-order valence-electron chi connectivity index (χ1n) is 4.45. The second-order valence-corrected chi connectivity index (χ2v) is 4.35. The Labute approximate surface area is 90.3 Å². The Hall–Kier alpha value is -0.970. The smallest absolute Gasteiger partial charge is 0.228 e. The molecule has 0 spiro atoms. The van der Waals surface area contributed by atoms with Crippen molar-refractivity contribution in [2.45, 2.75) is 13.3 Å². The number of nitrogens with one attached hydrogen (secondary N) is 1. The van der Waals surface area contributed by atoms with Crippen LogP contribution in [0.4, 0.5) is 5.82 Å². The van der Waals surface area contributed by atoms with Gasteiger partial charge in [-0.3, -0.25) is 4.79 Å². The van der Waals surface area contributed by atoms with Crippen LogP contribution in [0.5, 0.6) is 0 Å². The predicted molar refractivity (Wildman–Crippen MR) is 55.6 cm³/mol. The average Bonchev–Trinajstić information content (AvgIpc) is 2.87. The van der Waals surface area contributed by atoms with E-state index in [4.69, 9.17) is 0 Å². The van der Waals surface area contributed by atoms with Crippen LogP contribution in [-0.2, 0) is 4.79 Å². The molecule has 0 radical (unpaired) electrons. The summed E-state index contributed by atoms with van der Waals surface area (Å²) in [7, 11) is 0. The van der Waals surface area contributed by atoms with Crippen LogP contribution in [0.1, 0.15) is 13.3 Å². The van der Waals surface area contributed by atoms with Gasteiger partial charge in [-0.15, -0.1) is 0 Å². The van der Waals surface area contributed by atoms with Gasteiger partial charge in [0, 0.05) is 5.92 Å². The molecule has 1 aliphatic carbocycles. The lowest BCUT2D eigenvalue weighted by Crippen LogP contribution is -2.15. The molecule has 74 valence electrons. The molecular formula is C9H10BrN3O. The van der Waals surface area contributed by atoms with Crippen LogP contribution in [0, 0.1) is 11.8 Å². The van der Waals surface area contributed by atoms with Crippen molar-refractivity contribution in [2.75, 3.05) is 5.32 Å². The van der Waals surface area contributed by atoms with E-state index in [0.717, 1.165) is 6.42 Å². The molecule has 0 unspecified atom stereocenters. The minimum atomic E-state index is 0.0501. The Bertz CT molecular complexity index is 352. The fourth-order valence-corrected chi connectivity index (χ4v) is 1.49. The first kappa shape index (κ1) is 9.58. The molecule has 2 rings (SSSR count). The number of aromatic nitrogens is 2. The van der Waals surface area contributed by atoms with Gasteiger partial charge >= 0.3 is 0 Å². The van der Waals surface area contributed by atoms with Crippen molar-refractivity contribution in [3.8, 4) is 0 Å². The summed E-state index contributed by atoms with van der Waals surface area (Å²) in [6.45, 7) is 2.07. The molecule has 1 aromatic rings. The molecule has 0 aromatic carbocycles. The van der Waals surface area contributed by atoms with Crippen molar-refractivity contribution in [2.24, 2.45) is 11.8 Å². The van der Waals surface area contributed by atoms with Crippen molar-refractivity contribution in [3.05, 3.63) is 17.0 Å². The molecular weight excluding hydrogens is 246 g/mol.